The third kappa shape index (κ3) is 4.50. The highest BCUT2D eigenvalue weighted by Gasteiger charge is 2.11. The van der Waals surface area contributed by atoms with Crippen molar-refractivity contribution in [3.05, 3.63) is 23.5 Å². The second-order valence-corrected chi connectivity index (χ2v) is 4.97. The minimum Gasteiger partial charge on any atom is -0.393 e. The zero-order valence-electron chi connectivity index (χ0n) is 11.6. The average Bonchev–Trinajstić information content (AvgIpc) is 2.73. The largest absolute Gasteiger partial charge is 0.393 e. The van der Waals surface area contributed by atoms with Gasteiger partial charge >= 0.3 is 0 Å². The zero-order chi connectivity index (χ0) is 13.7. The molecule has 0 aliphatic rings. The molecule has 18 heavy (non-hydrogen) atoms. The van der Waals surface area contributed by atoms with Gasteiger partial charge in [0.05, 0.1) is 6.10 Å². The van der Waals surface area contributed by atoms with Crippen LogP contribution >= 0.6 is 0 Å². The molecule has 0 aliphatic carbocycles. The fourth-order valence-electron chi connectivity index (χ4n) is 1.68. The highest BCUT2D eigenvalue weighted by atomic mass is 16.3. The summed E-state index contributed by atoms with van der Waals surface area (Å²) in [6, 6.07) is 3.73. The molecule has 1 unspecified atom stereocenters. The second kappa shape index (κ2) is 6.56. The molecule has 0 saturated carbocycles. The van der Waals surface area contributed by atoms with E-state index < -0.39 is 0 Å². The molecule has 0 saturated heterocycles. The van der Waals surface area contributed by atoms with Crippen LogP contribution in [-0.4, -0.2) is 59.6 Å². The monoisotopic (exact) mass is 253 g/mol. The predicted octanol–water partition coefficient (Wildman–Crippen LogP) is 0.919. The highest BCUT2D eigenvalue weighted by molar-refractivity contribution is 5.92. The molecule has 1 rings (SSSR count). The first kappa shape index (κ1) is 14.7. The van der Waals surface area contributed by atoms with Crippen molar-refractivity contribution in [1.29, 1.82) is 0 Å². The van der Waals surface area contributed by atoms with Crippen molar-refractivity contribution in [3.8, 4) is 0 Å². The van der Waals surface area contributed by atoms with Crippen LogP contribution in [0.15, 0.2) is 12.1 Å². The maximum absolute atomic E-state index is 11.7. The Hall–Kier alpha value is -1.33. The number of aromatic amines is 1. The Morgan fingerprint density at radius 3 is 2.61 bits per heavy atom. The molecule has 1 atom stereocenters. The van der Waals surface area contributed by atoms with Crippen LogP contribution in [0.4, 0.5) is 0 Å². The van der Waals surface area contributed by atoms with Crippen LogP contribution in [0.25, 0.3) is 0 Å². The molecular weight excluding hydrogens is 230 g/mol. The molecule has 2 N–H and O–H groups in total. The van der Waals surface area contributed by atoms with Gasteiger partial charge in [-0.05, 0) is 32.5 Å². The third-order valence-corrected chi connectivity index (χ3v) is 2.75. The van der Waals surface area contributed by atoms with Gasteiger partial charge in [-0.3, -0.25) is 4.79 Å². The van der Waals surface area contributed by atoms with Crippen molar-refractivity contribution in [2.24, 2.45) is 0 Å². The summed E-state index contributed by atoms with van der Waals surface area (Å²) in [5, 5.41) is 9.22. The topological polar surface area (TPSA) is 59.6 Å². The lowest BCUT2D eigenvalue weighted by Crippen LogP contribution is -2.23. The first-order valence-corrected chi connectivity index (χ1v) is 6.16. The smallest absolute Gasteiger partial charge is 0.269 e. The van der Waals surface area contributed by atoms with E-state index in [0.717, 1.165) is 25.2 Å². The van der Waals surface area contributed by atoms with Crippen LogP contribution in [-0.2, 0) is 6.54 Å². The molecule has 1 heterocycles. The Morgan fingerprint density at radius 2 is 2.06 bits per heavy atom. The number of nitrogens with zero attached hydrogens (tertiary/aromatic N) is 2. The molecule has 0 spiro atoms. The van der Waals surface area contributed by atoms with E-state index in [0.29, 0.717) is 5.69 Å². The van der Waals surface area contributed by atoms with Crippen molar-refractivity contribution in [2.75, 3.05) is 27.7 Å². The second-order valence-electron chi connectivity index (χ2n) is 4.97. The van der Waals surface area contributed by atoms with Gasteiger partial charge < -0.3 is 19.9 Å². The van der Waals surface area contributed by atoms with E-state index in [1.54, 1.807) is 32.0 Å². The lowest BCUT2D eigenvalue weighted by atomic mass is 10.2. The van der Waals surface area contributed by atoms with Crippen LogP contribution in [0.5, 0.6) is 0 Å². The number of aromatic nitrogens is 1. The fourth-order valence-corrected chi connectivity index (χ4v) is 1.68. The maximum Gasteiger partial charge on any atom is 0.269 e. The van der Waals surface area contributed by atoms with Gasteiger partial charge in [-0.15, -0.1) is 0 Å². The van der Waals surface area contributed by atoms with Gasteiger partial charge in [0, 0.05) is 32.9 Å². The number of rotatable bonds is 6. The van der Waals surface area contributed by atoms with Gasteiger partial charge in [-0.1, -0.05) is 0 Å². The number of carbonyl (C=O) groups excluding carboxylic acids is 1. The molecule has 102 valence electrons. The lowest BCUT2D eigenvalue weighted by molar-refractivity contribution is 0.0822. The summed E-state index contributed by atoms with van der Waals surface area (Å²) in [7, 11) is 5.46. The van der Waals surface area contributed by atoms with E-state index in [1.165, 1.54) is 0 Å². The summed E-state index contributed by atoms with van der Waals surface area (Å²) in [5.41, 5.74) is 1.62. The van der Waals surface area contributed by atoms with E-state index >= 15 is 0 Å². The standard InChI is InChI=1S/C13H23N3O2/c1-10(17)7-8-16(4)9-11-5-6-12(14-11)13(18)15(2)3/h5-6,10,14,17H,7-9H2,1-4H3. The number of amides is 1. The molecule has 5 nitrogen and oxygen atoms in total. The van der Waals surface area contributed by atoms with E-state index in [2.05, 4.69) is 9.88 Å². The Balaban J connectivity index is 2.51. The van der Waals surface area contributed by atoms with Crippen molar-refractivity contribution in [3.63, 3.8) is 0 Å². The van der Waals surface area contributed by atoms with Gasteiger partial charge in [0.2, 0.25) is 0 Å². The van der Waals surface area contributed by atoms with Gasteiger partial charge in [-0.25, -0.2) is 0 Å². The number of H-pyrrole nitrogens is 1. The van der Waals surface area contributed by atoms with Crippen LogP contribution in [0.2, 0.25) is 0 Å². The van der Waals surface area contributed by atoms with E-state index in [1.807, 2.05) is 13.1 Å². The first-order chi connectivity index (χ1) is 8.40. The fraction of sp³-hybridized carbons (Fsp3) is 0.615. The Morgan fingerprint density at radius 1 is 1.39 bits per heavy atom. The molecule has 1 amide bonds. The maximum atomic E-state index is 11.7. The summed E-state index contributed by atoms with van der Waals surface area (Å²) in [4.78, 5) is 18.5. The van der Waals surface area contributed by atoms with Gasteiger partial charge in [0.15, 0.2) is 0 Å². The Bertz CT molecular complexity index is 385. The molecular formula is C13H23N3O2. The highest BCUT2D eigenvalue weighted by Crippen LogP contribution is 2.07. The number of aliphatic hydroxyl groups is 1. The van der Waals surface area contributed by atoms with E-state index in [-0.39, 0.29) is 12.0 Å². The van der Waals surface area contributed by atoms with Gasteiger partial charge in [0.25, 0.3) is 5.91 Å². The first-order valence-electron chi connectivity index (χ1n) is 6.16. The number of aliphatic hydroxyl groups excluding tert-OH is 1. The third-order valence-electron chi connectivity index (χ3n) is 2.75. The van der Waals surface area contributed by atoms with E-state index in [4.69, 9.17) is 0 Å². The van der Waals surface area contributed by atoms with Crippen molar-refractivity contribution in [1.82, 2.24) is 14.8 Å². The summed E-state index contributed by atoms with van der Waals surface area (Å²) in [6.45, 7) is 3.36. The molecule has 1 aromatic rings. The van der Waals surface area contributed by atoms with Crippen LogP contribution in [0, 0.1) is 0 Å². The van der Waals surface area contributed by atoms with Crippen LogP contribution in [0.3, 0.4) is 0 Å². The summed E-state index contributed by atoms with van der Waals surface area (Å²) < 4.78 is 0. The van der Waals surface area contributed by atoms with Crippen molar-refractivity contribution in [2.45, 2.75) is 26.0 Å². The average molecular weight is 253 g/mol. The normalized spacial score (nSPS) is 12.8. The van der Waals surface area contributed by atoms with Crippen molar-refractivity contribution >= 4 is 5.91 Å². The summed E-state index contributed by atoms with van der Waals surface area (Å²) in [5.74, 6) is -0.0205. The molecule has 0 fully saturated rings. The Labute approximate surface area is 108 Å². The molecule has 0 bridgehead atoms. The van der Waals surface area contributed by atoms with Crippen LogP contribution in [0.1, 0.15) is 29.5 Å². The molecule has 0 aliphatic heterocycles. The quantitative estimate of drug-likeness (QED) is 0.792. The van der Waals surface area contributed by atoms with Crippen molar-refractivity contribution < 1.29 is 9.90 Å². The number of hydrogen-bond acceptors (Lipinski definition) is 3. The number of carbonyl (C=O) groups is 1. The molecule has 1 aromatic heterocycles. The zero-order valence-corrected chi connectivity index (χ0v) is 11.6. The number of hydrogen-bond donors (Lipinski definition) is 2. The summed E-state index contributed by atoms with van der Waals surface area (Å²) >= 11 is 0. The minimum absolute atomic E-state index is 0.0205. The Kier molecular flexibility index (Phi) is 5.37. The summed E-state index contributed by atoms with van der Waals surface area (Å²) in [6.07, 6.45) is 0.475. The van der Waals surface area contributed by atoms with Crippen LogP contribution < -0.4 is 0 Å². The van der Waals surface area contributed by atoms with Gasteiger partial charge in [-0.2, -0.15) is 0 Å². The van der Waals surface area contributed by atoms with Gasteiger partial charge in [0.1, 0.15) is 5.69 Å². The van der Waals surface area contributed by atoms with E-state index in [9.17, 15) is 9.90 Å². The molecule has 0 radical (unpaired) electrons. The molecule has 5 heteroatoms. The minimum atomic E-state index is -0.276. The number of nitrogens with one attached hydrogen (secondary N) is 1. The SMILES string of the molecule is CC(O)CCN(C)Cc1ccc(C(=O)N(C)C)[nH]1. The molecule has 0 aromatic carbocycles. The predicted molar refractivity (Wildman–Crippen MR) is 71.4 cm³/mol. The lowest BCUT2D eigenvalue weighted by Gasteiger charge is -2.16.